The number of rotatable bonds is 13. The zero-order valence-corrected chi connectivity index (χ0v) is 27.3. The van der Waals surface area contributed by atoms with Gasteiger partial charge in [0.2, 0.25) is 11.8 Å². The zero-order valence-electron chi connectivity index (χ0n) is 24.9. The van der Waals surface area contributed by atoms with Gasteiger partial charge in [-0.15, -0.1) is 0 Å². The van der Waals surface area contributed by atoms with Gasteiger partial charge >= 0.3 is 0 Å². The summed E-state index contributed by atoms with van der Waals surface area (Å²) in [5, 5.41) is 2.87. The van der Waals surface area contributed by atoms with E-state index < -0.39 is 28.5 Å². The molecule has 0 saturated heterocycles. The van der Waals surface area contributed by atoms with Crippen LogP contribution in [0.5, 0.6) is 5.75 Å². The first-order chi connectivity index (χ1) is 21.1. The van der Waals surface area contributed by atoms with E-state index in [4.69, 9.17) is 4.74 Å². The second-order valence-corrected chi connectivity index (χ2v) is 13.1. The van der Waals surface area contributed by atoms with Crippen LogP contribution in [-0.2, 0) is 32.6 Å². The summed E-state index contributed by atoms with van der Waals surface area (Å²) in [5.41, 5.74) is 2.83. The zero-order chi connectivity index (χ0) is 31.7. The minimum absolute atomic E-state index is 0.0442. The fraction of sp³-hybridized carbons (Fsp3) is 0.235. The van der Waals surface area contributed by atoms with Crippen molar-refractivity contribution in [3.05, 3.63) is 124 Å². The Bertz CT molecular complexity index is 1660. The predicted molar refractivity (Wildman–Crippen MR) is 176 cm³/mol. The number of nitrogens with one attached hydrogen (secondary N) is 1. The summed E-state index contributed by atoms with van der Waals surface area (Å²) >= 11 is 3.45. The Morgan fingerprint density at radius 1 is 0.886 bits per heavy atom. The molecule has 0 unspecified atom stereocenters. The van der Waals surface area contributed by atoms with Crippen molar-refractivity contribution in [3.8, 4) is 5.75 Å². The Morgan fingerprint density at radius 2 is 1.57 bits per heavy atom. The number of halogens is 1. The number of nitrogens with zero attached hydrogens (tertiary/aromatic N) is 2. The van der Waals surface area contributed by atoms with Crippen molar-refractivity contribution in [2.75, 3.05) is 24.5 Å². The summed E-state index contributed by atoms with van der Waals surface area (Å²) in [7, 11) is -2.70. The van der Waals surface area contributed by atoms with Crippen LogP contribution in [0.4, 0.5) is 5.69 Å². The van der Waals surface area contributed by atoms with Gasteiger partial charge in [0.05, 0.1) is 17.7 Å². The highest BCUT2D eigenvalue weighted by atomic mass is 79.9. The van der Waals surface area contributed by atoms with Gasteiger partial charge in [0, 0.05) is 30.0 Å². The van der Waals surface area contributed by atoms with Crippen LogP contribution in [0.2, 0.25) is 0 Å². The van der Waals surface area contributed by atoms with E-state index in [9.17, 15) is 18.0 Å². The fourth-order valence-electron chi connectivity index (χ4n) is 4.76. The minimum atomic E-state index is -4.19. The number of amides is 2. The average molecular weight is 679 g/mol. The van der Waals surface area contributed by atoms with E-state index in [1.807, 2.05) is 68.4 Å². The number of benzene rings is 4. The lowest BCUT2D eigenvalue weighted by atomic mass is 10.0. The standard InChI is InChI=1S/C34H36BrN3O5S/c1-4-36-34(40)32(21-26-9-6-5-7-10-26)37(23-27-15-17-28(35)18-16-27)33(39)24-38(29-11-8-12-30(22-29)43-3)44(41,42)31-19-13-25(2)14-20-31/h5-20,22,32H,4,21,23-24H2,1-3H3,(H,36,40)/t32-/m0/s1. The third kappa shape index (κ3) is 8.27. The average Bonchev–Trinajstić information content (AvgIpc) is 3.03. The number of ether oxygens (including phenoxy) is 1. The van der Waals surface area contributed by atoms with E-state index in [2.05, 4.69) is 21.2 Å². The molecule has 0 bridgehead atoms. The number of anilines is 1. The monoisotopic (exact) mass is 677 g/mol. The molecule has 230 valence electrons. The van der Waals surface area contributed by atoms with Gasteiger partial charge in [0.1, 0.15) is 18.3 Å². The molecule has 0 radical (unpaired) electrons. The van der Waals surface area contributed by atoms with Crippen molar-refractivity contribution in [2.24, 2.45) is 0 Å². The van der Waals surface area contributed by atoms with Crippen LogP contribution < -0.4 is 14.4 Å². The number of hydrogen-bond donors (Lipinski definition) is 1. The summed E-state index contributed by atoms with van der Waals surface area (Å²) in [4.78, 5) is 29.5. The molecule has 1 N–H and O–H groups in total. The van der Waals surface area contributed by atoms with Crippen LogP contribution in [0.3, 0.4) is 0 Å². The van der Waals surface area contributed by atoms with Crippen molar-refractivity contribution < 1.29 is 22.7 Å². The molecule has 0 saturated carbocycles. The number of likely N-dealkylation sites (N-methyl/N-ethyl adjacent to an activating group) is 1. The van der Waals surface area contributed by atoms with Crippen LogP contribution in [0.1, 0.15) is 23.6 Å². The largest absolute Gasteiger partial charge is 0.497 e. The molecule has 0 aliphatic rings. The molecular formula is C34H36BrN3O5S. The SMILES string of the molecule is CCNC(=O)[C@H](Cc1ccccc1)N(Cc1ccc(Br)cc1)C(=O)CN(c1cccc(OC)c1)S(=O)(=O)c1ccc(C)cc1. The molecule has 0 heterocycles. The van der Waals surface area contributed by atoms with E-state index in [1.54, 1.807) is 36.4 Å². The van der Waals surface area contributed by atoms with E-state index in [0.29, 0.717) is 12.3 Å². The highest BCUT2D eigenvalue weighted by Crippen LogP contribution is 2.28. The van der Waals surface area contributed by atoms with Crippen LogP contribution in [-0.4, -0.2) is 51.4 Å². The third-order valence-corrected chi connectivity index (χ3v) is 9.43. The normalized spacial score (nSPS) is 11.8. The summed E-state index contributed by atoms with van der Waals surface area (Å²) < 4.78 is 35.6. The molecule has 8 nitrogen and oxygen atoms in total. The lowest BCUT2D eigenvalue weighted by Crippen LogP contribution is -2.53. The van der Waals surface area contributed by atoms with E-state index in [1.165, 1.54) is 24.1 Å². The quantitative estimate of drug-likeness (QED) is 0.195. The minimum Gasteiger partial charge on any atom is -0.497 e. The molecule has 2 amide bonds. The summed E-state index contributed by atoms with van der Waals surface area (Å²) in [6, 6.07) is 29.0. The molecule has 4 aromatic rings. The summed E-state index contributed by atoms with van der Waals surface area (Å²) in [5.74, 6) is -0.412. The first-order valence-corrected chi connectivity index (χ1v) is 16.4. The molecule has 0 fully saturated rings. The molecule has 0 spiro atoms. The van der Waals surface area contributed by atoms with Crippen molar-refractivity contribution in [1.82, 2.24) is 10.2 Å². The molecule has 0 aliphatic carbocycles. The lowest BCUT2D eigenvalue weighted by molar-refractivity contribution is -0.140. The van der Waals surface area contributed by atoms with Gasteiger partial charge in [-0.2, -0.15) is 0 Å². The van der Waals surface area contributed by atoms with Crippen molar-refractivity contribution in [2.45, 2.75) is 37.8 Å². The van der Waals surface area contributed by atoms with Crippen LogP contribution in [0.15, 0.2) is 112 Å². The number of carbonyl (C=O) groups is 2. The van der Waals surface area contributed by atoms with Gasteiger partial charge < -0.3 is 15.0 Å². The van der Waals surface area contributed by atoms with Gasteiger partial charge in [0.15, 0.2) is 0 Å². The number of sulfonamides is 1. The van der Waals surface area contributed by atoms with Gasteiger partial charge in [-0.25, -0.2) is 8.42 Å². The van der Waals surface area contributed by atoms with Crippen LogP contribution >= 0.6 is 15.9 Å². The maximum Gasteiger partial charge on any atom is 0.264 e. The predicted octanol–water partition coefficient (Wildman–Crippen LogP) is 5.74. The maximum absolute atomic E-state index is 14.4. The maximum atomic E-state index is 14.4. The molecule has 0 aromatic heterocycles. The fourth-order valence-corrected chi connectivity index (χ4v) is 6.43. The number of aryl methyl sites for hydroxylation is 1. The topological polar surface area (TPSA) is 96.0 Å². The number of methoxy groups -OCH3 is 1. The van der Waals surface area contributed by atoms with Crippen molar-refractivity contribution in [3.63, 3.8) is 0 Å². The summed E-state index contributed by atoms with van der Waals surface area (Å²) in [6.45, 7) is 3.62. The summed E-state index contributed by atoms with van der Waals surface area (Å²) in [6.07, 6.45) is 0.249. The molecule has 44 heavy (non-hydrogen) atoms. The Morgan fingerprint density at radius 3 is 2.20 bits per heavy atom. The highest BCUT2D eigenvalue weighted by molar-refractivity contribution is 9.10. The van der Waals surface area contributed by atoms with Crippen molar-refractivity contribution >= 4 is 43.5 Å². The van der Waals surface area contributed by atoms with E-state index in [-0.39, 0.29) is 29.5 Å². The molecular weight excluding hydrogens is 642 g/mol. The Labute approximate surface area is 267 Å². The Hall–Kier alpha value is -4.15. The van der Waals surface area contributed by atoms with Gasteiger partial charge in [-0.05, 0) is 61.4 Å². The lowest BCUT2D eigenvalue weighted by Gasteiger charge is -2.34. The van der Waals surface area contributed by atoms with Gasteiger partial charge in [-0.3, -0.25) is 13.9 Å². The van der Waals surface area contributed by atoms with E-state index >= 15 is 0 Å². The smallest absolute Gasteiger partial charge is 0.264 e. The van der Waals surface area contributed by atoms with Crippen LogP contribution in [0.25, 0.3) is 0 Å². The third-order valence-electron chi connectivity index (χ3n) is 7.12. The number of carbonyl (C=O) groups excluding carboxylic acids is 2. The van der Waals surface area contributed by atoms with Crippen molar-refractivity contribution in [1.29, 1.82) is 0 Å². The molecule has 10 heteroatoms. The first-order valence-electron chi connectivity index (χ1n) is 14.2. The Balaban J connectivity index is 1.80. The number of hydrogen-bond acceptors (Lipinski definition) is 5. The van der Waals surface area contributed by atoms with Gasteiger partial charge in [-0.1, -0.05) is 82.2 Å². The second kappa shape index (κ2) is 15.0. The van der Waals surface area contributed by atoms with Gasteiger partial charge in [0.25, 0.3) is 10.0 Å². The Kier molecular flexibility index (Phi) is 11.2. The second-order valence-electron chi connectivity index (χ2n) is 10.3. The van der Waals surface area contributed by atoms with E-state index in [0.717, 1.165) is 25.5 Å². The van der Waals surface area contributed by atoms with Crippen LogP contribution in [0, 0.1) is 6.92 Å². The molecule has 4 aromatic carbocycles. The highest BCUT2D eigenvalue weighted by Gasteiger charge is 2.34. The molecule has 0 aliphatic heterocycles. The first kappa shape index (κ1) is 32.8. The molecule has 4 rings (SSSR count). The molecule has 1 atom stereocenters.